The first-order valence-electron chi connectivity index (χ1n) is 8.27. The van der Waals surface area contributed by atoms with Crippen molar-refractivity contribution in [2.45, 2.75) is 78.7 Å². The molecule has 0 aromatic carbocycles. The Labute approximate surface area is 120 Å². The molecule has 3 unspecified atom stereocenters. The summed E-state index contributed by atoms with van der Waals surface area (Å²) >= 11 is 0. The Bertz CT molecular complexity index is 234. The molecule has 1 aliphatic rings. The van der Waals surface area contributed by atoms with Crippen LogP contribution in [0.15, 0.2) is 0 Å². The minimum absolute atomic E-state index is 0.330. The molecule has 1 aliphatic carbocycles. The third-order valence-corrected chi connectivity index (χ3v) is 4.81. The molecule has 19 heavy (non-hydrogen) atoms. The van der Waals surface area contributed by atoms with Crippen molar-refractivity contribution in [3.63, 3.8) is 0 Å². The van der Waals surface area contributed by atoms with Crippen LogP contribution in [-0.4, -0.2) is 24.3 Å². The van der Waals surface area contributed by atoms with Crippen molar-refractivity contribution < 1.29 is 5.11 Å². The van der Waals surface area contributed by atoms with Gasteiger partial charge in [0.05, 0.1) is 0 Å². The molecule has 2 nitrogen and oxygen atoms in total. The highest BCUT2D eigenvalue weighted by atomic mass is 16.3. The summed E-state index contributed by atoms with van der Waals surface area (Å²) in [6, 6.07) is 0.733. The van der Waals surface area contributed by atoms with Gasteiger partial charge in [0, 0.05) is 12.6 Å². The van der Waals surface area contributed by atoms with Crippen molar-refractivity contribution in [1.29, 1.82) is 0 Å². The number of rotatable bonds is 6. The van der Waals surface area contributed by atoms with Gasteiger partial charge in [-0.1, -0.05) is 34.1 Å². The molecule has 0 aliphatic heterocycles. The van der Waals surface area contributed by atoms with E-state index in [0.29, 0.717) is 17.9 Å². The SMILES string of the molecule is CC(CO)CCCNC1CCCC(C(C)(C)C)CC1. The van der Waals surface area contributed by atoms with Gasteiger partial charge in [0.1, 0.15) is 0 Å². The van der Waals surface area contributed by atoms with Gasteiger partial charge in [-0.05, 0) is 62.3 Å². The molecule has 114 valence electrons. The highest BCUT2D eigenvalue weighted by Crippen LogP contribution is 2.36. The Morgan fingerprint density at radius 3 is 2.53 bits per heavy atom. The average molecular weight is 269 g/mol. The van der Waals surface area contributed by atoms with E-state index in [1.165, 1.54) is 38.5 Å². The minimum Gasteiger partial charge on any atom is -0.396 e. The molecular weight excluding hydrogens is 234 g/mol. The molecule has 0 aromatic heterocycles. The maximum absolute atomic E-state index is 9.00. The molecule has 3 atom stereocenters. The van der Waals surface area contributed by atoms with Gasteiger partial charge in [-0.2, -0.15) is 0 Å². The molecule has 1 rings (SSSR count). The fourth-order valence-electron chi connectivity index (χ4n) is 3.22. The smallest absolute Gasteiger partial charge is 0.0456 e. The third-order valence-electron chi connectivity index (χ3n) is 4.81. The summed E-state index contributed by atoms with van der Waals surface area (Å²) < 4.78 is 0. The van der Waals surface area contributed by atoms with Crippen LogP contribution in [0.4, 0.5) is 0 Å². The summed E-state index contributed by atoms with van der Waals surface area (Å²) in [6.45, 7) is 10.7. The Hall–Kier alpha value is -0.0800. The third kappa shape index (κ3) is 6.76. The van der Waals surface area contributed by atoms with Crippen LogP contribution in [0.2, 0.25) is 0 Å². The predicted octanol–water partition coefficient (Wildman–Crippen LogP) is 3.98. The zero-order valence-corrected chi connectivity index (χ0v) is 13.5. The highest BCUT2D eigenvalue weighted by Gasteiger charge is 2.27. The molecule has 1 fully saturated rings. The number of nitrogens with one attached hydrogen (secondary N) is 1. The number of hydrogen-bond donors (Lipinski definition) is 2. The van der Waals surface area contributed by atoms with Crippen LogP contribution in [0.1, 0.15) is 72.6 Å². The first-order valence-corrected chi connectivity index (χ1v) is 8.27. The fraction of sp³-hybridized carbons (Fsp3) is 1.00. The number of hydrogen-bond acceptors (Lipinski definition) is 2. The predicted molar refractivity (Wildman–Crippen MR) is 83.3 cm³/mol. The number of aliphatic hydroxyl groups is 1. The summed E-state index contributed by atoms with van der Waals surface area (Å²) in [6.07, 6.45) is 9.20. The van der Waals surface area contributed by atoms with Gasteiger partial charge < -0.3 is 10.4 Å². The first-order chi connectivity index (χ1) is 8.93. The van der Waals surface area contributed by atoms with Crippen LogP contribution < -0.4 is 5.32 Å². The summed E-state index contributed by atoms with van der Waals surface area (Å²) in [5, 5.41) is 12.7. The molecule has 0 saturated heterocycles. The zero-order chi connectivity index (χ0) is 14.3. The van der Waals surface area contributed by atoms with E-state index in [-0.39, 0.29) is 0 Å². The van der Waals surface area contributed by atoms with Crippen molar-refractivity contribution in [3.05, 3.63) is 0 Å². The Kier molecular flexibility index (Phi) is 7.38. The van der Waals surface area contributed by atoms with Gasteiger partial charge in [0.15, 0.2) is 0 Å². The van der Waals surface area contributed by atoms with Crippen LogP contribution in [-0.2, 0) is 0 Å². The lowest BCUT2D eigenvalue weighted by atomic mass is 9.76. The molecule has 1 saturated carbocycles. The summed E-state index contributed by atoms with van der Waals surface area (Å²) in [4.78, 5) is 0. The second kappa shape index (κ2) is 8.26. The maximum atomic E-state index is 9.00. The largest absolute Gasteiger partial charge is 0.396 e. The van der Waals surface area contributed by atoms with Crippen LogP contribution in [0, 0.1) is 17.3 Å². The monoisotopic (exact) mass is 269 g/mol. The second-order valence-electron chi connectivity index (χ2n) is 7.65. The lowest BCUT2D eigenvalue weighted by molar-refractivity contribution is 0.213. The Morgan fingerprint density at radius 1 is 1.16 bits per heavy atom. The lowest BCUT2D eigenvalue weighted by Crippen LogP contribution is -2.30. The molecule has 2 heteroatoms. The van der Waals surface area contributed by atoms with Gasteiger partial charge in [-0.3, -0.25) is 0 Å². The van der Waals surface area contributed by atoms with E-state index in [4.69, 9.17) is 5.11 Å². The summed E-state index contributed by atoms with van der Waals surface area (Å²) in [5.74, 6) is 1.36. The zero-order valence-electron chi connectivity index (χ0n) is 13.5. The van der Waals surface area contributed by atoms with Gasteiger partial charge in [-0.25, -0.2) is 0 Å². The van der Waals surface area contributed by atoms with Crippen molar-refractivity contribution >= 4 is 0 Å². The molecular formula is C17H35NO. The quantitative estimate of drug-likeness (QED) is 0.565. The Balaban J connectivity index is 2.19. The van der Waals surface area contributed by atoms with Crippen molar-refractivity contribution in [1.82, 2.24) is 5.32 Å². The van der Waals surface area contributed by atoms with Crippen molar-refractivity contribution in [3.8, 4) is 0 Å². The van der Waals surface area contributed by atoms with Crippen molar-refractivity contribution in [2.24, 2.45) is 17.3 Å². The fourth-order valence-corrected chi connectivity index (χ4v) is 3.22. The first kappa shape index (κ1) is 17.0. The van der Waals surface area contributed by atoms with Gasteiger partial charge in [-0.15, -0.1) is 0 Å². The standard InChI is InChI=1S/C17H35NO/c1-14(13-19)7-6-12-18-16-9-5-8-15(10-11-16)17(2,3)4/h14-16,18-19H,5-13H2,1-4H3. The molecule has 0 spiro atoms. The average Bonchev–Trinajstić information content (AvgIpc) is 2.59. The normalized spacial score (nSPS) is 27.0. The molecule has 0 radical (unpaired) electrons. The molecule has 0 bridgehead atoms. The molecule has 0 heterocycles. The van der Waals surface area contributed by atoms with Gasteiger partial charge >= 0.3 is 0 Å². The highest BCUT2D eigenvalue weighted by molar-refractivity contribution is 4.81. The van der Waals surface area contributed by atoms with Crippen LogP contribution in [0.25, 0.3) is 0 Å². The lowest BCUT2D eigenvalue weighted by Gasteiger charge is -2.29. The van der Waals surface area contributed by atoms with Crippen LogP contribution in [0.5, 0.6) is 0 Å². The second-order valence-corrected chi connectivity index (χ2v) is 7.65. The molecule has 0 aromatic rings. The topological polar surface area (TPSA) is 32.3 Å². The molecule has 0 amide bonds. The van der Waals surface area contributed by atoms with E-state index in [1.807, 2.05) is 0 Å². The summed E-state index contributed by atoms with van der Waals surface area (Å²) in [5.41, 5.74) is 0.478. The van der Waals surface area contributed by atoms with Crippen LogP contribution in [0.3, 0.4) is 0 Å². The van der Waals surface area contributed by atoms with E-state index in [0.717, 1.165) is 24.9 Å². The van der Waals surface area contributed by atoms with Crippen molar-refractivity contribution in [2.75, 3.05) is 13.2 Å². The summed E-state index contributed by atoms with van der Waals surface area (Å²) in [7, 11) is 0. The van der Waals surface area contributed by atoms with E-state index in [2.05, 4.69) is 33.0 Å². The van der Waals surface area contributed by atoms with E-state index in [1.54, 1.807) is 0 Å². The van der Waals surface area contributed by atoms with E-state index >= 15 is 0 Å². The Morgan fingerprint density at radius 2 is 1.89 bits per heavy atom. The minimum atomic E-state index is 0.330. The van der Waals surface area contributed by atoms with E-state index < -0.39 is 0 Å². The maximum Gasteiger partial charge on any atom is 0.0456 e. The molecule has 2 N–H and O–H groups in total. The van der Waals surface area contributed by atoms with E-state index in [9.17, 15) is 0 Å². The van der Waals surface area contributed by atoms with Gasteiger partial charge in [0.25, 0.3) is 0 Å². The van der Waals surface area contributed by atoms with Gasteiger partial charge in [0.2, 0.25) is 0 Å². The van der Waals surface area contributed by atoms with Crippen LogP contribution >= 0.6 is 0 Å². The number of aliphatic hydroxyl groups excluding tert-OH is 1.